The first-order valence-corrected chi connectivity index (χ1v) is 35.4. The number of carbonyl (C=O) groups is 12. The highest BCUT2D eigenvalue weighted by atomic mass is 16.4. The minimum atomic E-state index is -1.75. The van der Waals surface area contributed by atoms with E-state index in [0.717, 1.165) is 17.3 Å². The highest BCUT2D eigenvalue weighted by molar-refractivity contribution is 6.00. The van der Waals surface area contributed by atoms with Crippen molar-refractivity contribution in [1.82, 2.24) is 68.8 Å². The zero-order valence-corrected chi connectivity index (χ0v) is 59.5. The third-order valence-electron chi connectivity index (χ3n) is 17.5. The van der Waals surface area contributed by atoms with Gasteiger partial charge in [0.2, 0.25) is 65.0 Å². The number of hydrogen-bond acceptors (Lipinski definition) is 18. The number of nitrogens with two attached hydrogens (primary N) is 3. The molecule has 1 aromatic heterocycles. The quantitative estimate of drug-likeness (QED) is 0.0291. The zero-order valence-electron chi connectivity index (χ0n) is 59.5. The molecule has 22 N–H and O–H groups in total. The van der Waals surface area contributed by atoms with Crippen LogP contribution < -0.4 is 81.0 Å². The monoisotopic (exact) mass is 1420 g/mol. The van der Waals surface area contributed by atoms with Gasteiger partial charge in [-0.1, -0.05) is 96.5 Å². The van der Waals surface area contributed by atoms with E-state index in [4.69, 9.17) is 17.2 Å². The first-order chi connectivity index (χ1) is 48.1. The second-order valence-corrected chi connectivity index (χ2v) is 26.9. The molecule has 1 aliphatic rings. The Balaban J connectivity index is 1.58. The average Bonchev–Trinajstić information content (AvgIpc) is 1.73. The van der Waals surface area contributed by atoms with Crippen molar-refractivity contribution in [2.45, 2.75) is 224 Å². The van der Waals surface area contributed by atoms with Gasteiger partial charge in [0, 0.05) is 29.9 Å². The van der Waals surface area contributed by atoms with Gasteiger partial charge in [-0.3, -0.25) is 57.5 Å². The average molecular weight is 1420 g/mol. The first kappa shape index (κ1) is 84.8. The largest absolute Gasteiger partial charge is 0.480 e. The summed E-state index contributed by atoms with van der Waals surface area (Å²) >= 11 is 0. The summed E-state index contributed by atoms with van der Waals surface area (Å²) in [5, 5.41) is 64.1. The van der Waals surface area contributed by atoms with Gasteiger partial charge in [-0.15, -0.1) is 0 Å². The molecule has 31 heteroatoms. The molecule has 0 saturated carbocycles. The fraction of sp³-hybridized carbons (Fsp3) is 0.629. The predicted octanol–water partition coefficient (Wildman–Crippen LogP) is -1.35. The number of aromatic nitrogens is 1. The Bertz CT molecular complexity index is 3160. The van der Waals surface area contributed by atoms with Crippen LogP contribution in [0.15, 0.2) is 60.8 Å². The third kappa shape index (κ3) is 29.1. The van der Waals surface area contributed by atoms with Crippen molar-refractivity contribution < 1.29 is 72.9 Å². The topological polar surface area (TPSA) is 504 Å². The molecule has 0 bridgehead atoms. The SMILES string of the molecule is CC[C@H](C)[C@H](NC(=O)[C@H](Cc1c[nH]c2ccccc12)NC(=O)[C@H](CCCCN)NC(=O)[C@H](CO)NC(=O)[C@H](CC(C)C)NC(=O)[C@H](Cc1ccccc1)NC(=O)[C@@H](NC(=O)[C@H](CCCCN)NC(=O)[C@H](CC(C)C)NC(=O)[C@H](CCCCN)NC(=O)[C@@H]1CCCN1)[C@@H](C)O)C(=O)NCC(=O)O. The summed E-state index contributed by atoms with van der Waals surface area (Å²) in [6.45, 7) is 11.6. The normalized spacial score (nSPS) is 16.4. The summed E-state index contributed by atoms with van der Waals surface area (Å²) in [6.07, 6.45) is 4.35. The van der Waals surface area contributed by atoms with Gasteiger partial charge in [0.25, 0.3) is 0 Å². The molecule has 0 radical (unpaired) electrons. The van der Waals surface area contributed by atoms with Crippen LogP contribution in [0.25, 0.3) is 10.9 Å². The van der Waals surface area contributed by atoms with E-state index in [-0.39, 0.29) is 82.2 Å². The van der Waals surface area contributed by atoms with Crippen LogP contribution >= 0.6 is 0 Å². The van der Waals surface area contributed by atoms with Crippen molar-refractivity contribution in [3.63, 3.8) is 0 Å². The molecule has 0 aliphatic carbocycles. The standard InChI is InChI=1S/C70H112N16O15/c1-8-42(6)58(69(100)76-38-57(89)90)85-67(98)55(36-45-37-75-47-24-13-12-23-46(45)47)82-62(93)50(26-15-18-30-72)79-68(99)56(39-87)84-65(96)53(34-41(4)5)81-66(97)54(35-44-21-10-9-11-22-44)83-70(101)59(43(7)88)86-63(94)51(27-16-19-31-73)78-64(95)52(33-40(2)3)80-61(92)49(25-14-17-29-71)77-60(91)48-28-20-32-74-48/h9-13,21-24,37,40-43,48-56,58-59,74-75,87-88H,8,14-20,25-36,38-39,71-73H2,1-7H3,(H,76,100)(H,77,91)(H,78,95)(H,79,99)(H,80,92)(H,81,97)(H,82,93)(H,83,101)(H,84,96)(H,85,98)(H,86,94)(H,89,90)/t42-,43+,48-,49-,50-,51-,52-,53-,54-,55-,56-,58-,59-/m0/s1. The molecule has 1 aliphatic heterocycles. The molecule has 0 spiro atoms. The maximum atomic E-state index is 14.7. The smallest absolute Gasteiger partial charge is 0.322 e. The van der Waals surface area contributed by atoms with E-state index in [9.17, 15) is 72.9 Å². The molecule has 562 valence electrons. The summed E-state index contributed by atoms with van der Waals surface area (Å²) in [7, 11) is 0. The minimum Gasteiger partial charge on any atom is -0.480 e. The molecule has 1 fully saturated rings. The Labute approximate surface area is 591 Å². The van der Waals surface area contributed by atoms with Gasteiger partial charge in [0.1, 0.15) is 67.0 Å². The first-order valence-electron chi connectivity index (χ1n) is 35.4. The van der Waals surface area contributed by atoms with Crippen LogP contribution in [0.4, 0.5) is 0 Å². The molecule has 3 aromatic rings. The van der Waals surface area contributed by atoms with Gasteiger partial charge in [-0.05, 0) is 152 Å². The number of para-hydroxylation sites is 1. The van der Waals surface area contributed by atoms with Gasteiger partial charge in [-0.25, -0.2) is 0 Å². The second kappa shape index (κ2) is 44.6. The molecular weight excluding hydrogens is 1300 g/mol. The number of hydrogen-bond donors (Lipinski definition) is 19. The number of rotatable bonds is 47. The van der Waals surface area contributed by atoms with Crippen LogP contribution in [0.5, 0.6) is 0 Å². The molecular formula is C70H112N16O15. The van der Waals surface area contributed by atoms with Crippen LogP contribution in [0.2, 0.25) is 0 Å². The van der Waals surface area contributed by atoms with Crippen molar-refractivity contribution in [1.29, 1.82) is 0 Å². The van der Waals surface area contributed by atoms with Crippen LogP contribution in [-0.4, -0.2) is 203 Å². The van der Waals surface area contributed by atoms with Gasteiger partial charge in [0.05, 0.1) is 18.8 Å². The summed E-state index contributed by atoms with van der Waals surface area (Å²) in [5.41, 5.74) is 19.3. The van der Waals surface area contributed by atoms with Gasteiger partial charge in [0.15, 0.2) is 0 Å². The number of unbranched alkanes of at least 4 members (excludes halogenated alkanes) is 3. The Kier molecular flexibility index (Phi) is 37.4. The highest BCUT2D eigenvalue weighted by Crippen LogP contribution is 2.21. The van der Waals surface area contributed by atoms with Crippen molar-refractivity contribution in [2.75, 3.05) is 39.3 Å². The lowest BCUT2D eigenvalue weighted by atomic mass is 9.97. The molecule has 2 heterocycles. The van der Waals surface area contributed by atoms with Crippen molar-refractivity contribution >= 4 is 81.9 Å². The number of H-pyrrole nitrogens is 1. The molecule has 4 rings (SSSR count). The molecule has 2 aromatic carbocycles. The van der Waals surface area contributed by atoms with Crippen molar-refractivity contribution in [3.8, 4) is 0 Å². The lowest BCUT2D eigenvalue weighted by molar-refractivity contribution is -0.139. The van der Waals surface area contributed by atoms with Crippen LogP contribution in [0.1, 0.15) is 149 Å². The molecule has 13 atom stereocenters. The Morgan fingerprint density at radius 1 is 0.505 bits per heavy atom. The zero-order chi connectivity index (χ0) is 74.7. The number of aliphatic carboxylic acids is 1. The molecule has 101 heavy (non-hydrogen) atoms. The number of aromatic amines is 1. The number of carboxylic acid groups (broad SMARTS) is 1. The third-order valence-corrected chi connectivity index (χ3v) is 17.5. The maximum Gasteiger partial charge on any atom is 0.322 e. The van der Waals surface area contributed by atoms with E-state index in [1.165, 1.54) is 6.92 Å². The maximum absolute atomic E-state index is 14.7. The summed E-state index contributed by atoms with van der Waals surface area (Å²) in [4.78, 5) is 171. The second-order valence-electron chi connectivity index (χ2n) is 26.9. The Hall–Kier alpha value is -8.62. The van der Waals surface area contributed by atoms with E-state index in [0.29, 0.717) is 69.2 Å². The molecule has 1 saturated heterocycles. The molecule has 11 amide bonds. The van der Waals surface area contributed by atoms with E-state index < -0.39 is 157 Å². The van der Waals surface area contributed by atoms with E-state index >= 15 is 0 Å². The lowest BCUT2D eigenvalue weighted by Crippen LogP contribution is -2.62. The summed E-state index contributed by atoms with van der Waals surface area (Å²) < 4.78 is 0. The van der Waals surface area contributed by atoms with Crippen LogP contribution in [0, 0.1) is 17.8 Å². The molecule has 0 unspecified atom stereocenters. The number of aliphatic hydroxyl groups excluding tert-OH is 2. The van der Waals surface area contributed by atoms with Gasteiger partial charge < -0.3 is 101 Å². The van der Waals surface area contributed by atoms with Crippen LogP contribution in [-0.2, 0) is 70.4 Å². The summed E-state index contributed by atoms with van der Waals surface area (Å²) in [6, 6.07) is 1.19. The van der Waals surface area contributed by atoms with E-state index in [1.807, 2.05) is 26.0 Å². The Morgan fingerprint density at radius 2 is 0.941 bits per heavy atom. The number of fused-ring (bicyclic) bond motifs is 1. The summed E-state index contributed by atoms with van der Waals surface area (Å²) in [5.74, 6) is -11.2. The number of nitrogens with one attached hydrogen (secondary N) is 13. The number of carboxylic acids is 1. The fourth-order valence-electron chi connectivity index (χ4n) is 11.6. The highest BCUT2D eigenvalue weighted by Gasteiger charge is 2.38. The van der Waals surface area contributed by atoms with Crippen molar-refractivity contribution in [3.05, 3.63) is 71.9 Å². The van der Waals surface area contributed by atoms with Crippen molar-refractivity contribution in [2.24, 2.45) is 35.0 Å². The fourth-order valence-corrected chi connectivity index (χ4v) is 11.6. The number of carbonyl (C=O) groups excluding carboxylic acids is 11. The van der Waals surface area contributed by atoms with Crippen LogP contribution in [0.3, 0.4) is 0 Å². The minimum absolute atomic E-state index is 0.01000. The van der Waals surface area contributed by atoms with Gasteiger partial charge in [-0.2, -0.15) is 0 Å². The Morgan fingerprint density at radius 3 is 1.44 bits per heavy atom. The van der Waals surface area contributed by atoms with E-state index in [1.54, 1.807) is 76.4 Å². The molecule has 31 nitrogen and oxygen atoms in total. The number of amides is 11. The number of benzene rings is 2. The van der Waals surface area contributed by atoms with Gasteiger partial charge >= 0.3 is 5.97 Å². The predicted molar refractivity (Wildman–Crippen MR) is 379 cm³/mol. The van der Waals surface area contributed by atoms with E-state index in [2.05, 4.69) is 68.8 Å². The lowest BCUT2D eigenvalue weighted by Gasteiger charge is -2.29. The number of aliphatic hydroxyl groups is 2.